The number of thiophene rings is 2. The van der Waals surface area contributed by atoms with Gasteiger partial charge in [0, 0.05) is 87.3 Å². The topological polar surface area (TPSA) is 6.48 Å². The van der Waals surface area contributed by atoms with Crippen molar-refractivity contribution in [2.24, 2.45) is 0 Å². The maximum atomic E-state index is 2.51. The maximum Gasteiger partial charge on any atom is 0.0497 e. The van der Waals surface area contributed by atoms with Gasteiger partial charge < -0.3 is 9.80 Å². The lowest BCUT2D eigenvalue weighted by Crippen LogP contribution is -2.18. The monoisotopic (exact) mass is 900 g/mol. The van der Waals surface area contributed by atoms with Crippen LogP contribution in [-0.2, 0) is 12.8 Å². The molecule has 2 nitrogen and oxygen atoms in total. The van der Waals surface area contributed by atoms with Crippen molar-refractivity contribution < 1.29 is 0 Å². The highest BCUT2D eigenvalue weighted by Crippen LogP contribution is 2.54. The molecule has 2 aliphatic heterocycles. The molecule has 15 rings (SSSR count). The fraction of sp³-hybridized carbons (Fsp3) is 0.0312. The fourth-order valence-corrected chi connectivity index (χ4v) is 14.0. The molecule has 0 radical (unpaired) electrons. The zero-order chi connectivity index (χ0) is 44.5. The first kappa shape index (κ1) is 38.1. The fourth-order valence-electron chi connectivity index (χ4n) is 11.8. The van der Waals surface area contributed by atoms with E-state index in [1.54, 1.807) is 0 Å². The molecule has 0 N–H and O–H groups in total. The minimum Gasteiger partial charge on any atom is -0.310 e. The van der Waals surface area contributed by atoms with Gasteiger partial charge in [0.25, 0.3) is 0 Å². The number of nitrogens with zero attached hydrogens (tertiary/aromatic N) is 2. The number of hydrogen-bond acceptors (Lipinski definition) is 4. The zero-order valence-electron chi connectivity index (χ0n) is 36.9. The molecule has 13 aromatic rings. The third-order valence-electron chi connectivity index (χ3n) is 14.6. The Morgan fingerprint density at radius 2 is 0.632 bits per heavy atom. The van der Waals surface area contributed by atoms with Crippen molar-refractivity contribution in [3.05, 3.63) is 241 Å². The summed E-state index contributed by atoms with van der Waals surface area (Å²) < 4.78 is 5.22. The maximum absolute atomic E-state index is 2.51. The molecule has 2 aliphatic rings. The second kappa shape index (κ2) is 14.7. The van der Waals surface area contributed by atoms with E-state index in [9.17, 15) is 0 Å². The minimum absolute atomic E-state index is 0.913. The number of anilines is 6. The smallest absolute Gasteiger partial charge is 0.0497 e. The van der Waals surface area contributed by atoms with Crippen LogP contribution in [0.4, 0.5) is 34.1 Å². The lowest BCUT2D eigenvalue weighted by Gasteiger charge is -2.34. The molecule has 11 aromatic carbocycles. The molecule has 0 fully saturated rings. The molecule has 68 heavy (non-hydrogen) atoms. The molecule has 0 aliphatic carbocycles. The second-order valence-electron chi connectivity index (χ2n) is 18.3. The van der Waals surface area contributed by atoms with Crippen LogP contribution < -0.4 is 9.80 Å². The van der Waals surface area contributed by atoms with Crippen LogP contribution in [-0.4, -0.2) is 0 Å². The second-order valence-corrected chi connectivity index (χ2v) is 20.5. The lowest BCUT2D eigenvalue weighted by molar-refractivity contribution is 1.09. The van der Waals surface area contributed by atoms with Crippen LogP contribution in [0.25, 0.3) is 84.1 Å². The van der Waals surface area contributed by atoms with E-state index in [0.717, 1.165) is 24.2 Å². The van der Waals surface area contributed by atoms with Gasteiger partial charge in [0.2, 0.25) is 0 Å². The van der Waals surface area contributed by atoms with E-state index in [4.69, 9.17) is 0 Å². The van der Waals surface area contributed by atoms with Crippen molar-refractivity contribution in [1.82, 2.24) is 0 Å². The largest absolute Gasteiger partial charge is 0.310 e. The summed E-state index contributed by atoms with van der Waals surface area (Å²) in [6.07, 6.45) is 1.83. The molecule has 0 saturated carbocycles. The van der Waals surface area contributed by atoms with Gasteiger partial charge in [-0.3, -0.25) is 0 Å². The van der Waals surface area contributed by atoms with Gasteiger partial charge in [-0.25, -0.2) is 0 Å². The quantitative estimate of drug-likeness (QED) is 0.162. The van der Waals surface area contributed by atoms with E-state index >= 15 is 0 Å². The van der Waals surface area contributed by atoms with E-state index in [1.165, 1.54) is 129 Å². The average molecular weight is 901 g/mol. The van der Waals surface area contributed by atoms with Crippen LogP contribution in [0.3, 0.4) is 0 Å². The van der Waals surface area contributed by atoms with Gasteiger partial charge in [0.05, 0.1) is 0 Å². The van der Waals surface area contributed by atoms with E-state index < -0.39 is 0 Å². The molecule has 0 saturated heterocycles. The molecule has 0 spiro atoms. The first-order valence-electron chi connectivity index (χ1n) is 23.5. The first-order valence-corrected chi connectivity index (χ1v) is 25.1. The molecule has 0 bridgehead atoms. The highest BCUT2D eigenvalue weighted by Gasteiger charge is 2.29. The molecule has 2 aromatic heterocycles. The summed E-state index contributed by atoms with van der Waals surface area (Å²) >= 11 is 3.78. The number of hydrogen-bond donors (Lipinski definition) is 0. The Bertz CT molecular complexity index is 3880. The predicted octanol–water partition coefficient (Wildman–Crippen LogP) is 18.8. The van der Waals surface area contributed by atoms with Crippen LogP contribution >= 0.6 is 22.7 Å². The summed E-state index contributed by atoms with van der Waals surface area (Å²) in [6.45, 7) is 0. The van der Waals surface area contributed by atoms with Gasteiger partial charge in [0.1, 0.15) is 0 Å². The summed E-state index contributed by atoms with van der Waals surface area (Å²) in [5, 5.41) is 10.2. The van der Waals surface area contributed by atoms with Gasteiger partial charge in [0.15, 0.2) is 0 Å². The summed E-state index contributed by atoms with van der Waals surface area (Å²) in [4.78, 5) is 5.01. The molecular weight excluding hydrogens is 861 g/mol. The Morgan fingerprint density at radius 3 is 1.04 bits per heavy atom. The Balaban J connectivity index is 1.12. The SMILES string of the molecule is c1ccc2c(c1)Cc1ccccc1N2c1ccc2c(-c3cccc4sc5ccccc5c34)c3cc(N4c5ccccc5Cc5ccccc54)ccc3c(-c3cccc4sc5ccccc5c34)c2c1. The van der Waals surface area contributed by atoms with Gasteiger partial charge >= 0.3 is 0 Å². The Morgan fingerprint density at radius 1 is 0.279 bits per heavy atom. The molecule has 4 heterocycles. The van der Waals surface area contributed by atoms with E-state index in [2.05, 4.69) is 228 Å². The molecule has 0 unspecified atom stereocenters. The number of rotatable bonds is 4. The van der Waals surface area contributed by atoms with Crippen molar-refractivity contribution in [3.63, 3.8) is 0 Å². The van der Waals surface area contributed by atoms with Crippen LogP contribution in [0.5, 0.6) is 0 Å². The number of fused-ring (bicyclic) bond motifs is 12. The van der Waals surface area contributed by atoms with Crippen molar-refractivity contribution in [2.45, 2.75) is 12.8 Å². The van der Waals surface area contributed by atoms with Crippen molar-refractivity contribution in [2.75, 3.05) is 9.80 Å². The number of benzene rings is 11. The van der Waals surface area contributed by atoms with E-state index in [1.807, 2.05) is 22.7 Å². The van der Waals surface area contributed by atoms with Crippen molar-refractivity contribution in [1.29, 1.82) is 0 Å². The summed E-state index contributed by atoms with van der Waals surface area (Å²) in [6, 6.07) is 82.3. The van der Waals surface area contributed by atoms with E-state index in [0.29, 0.717) is 0 Å². The lowest BCUT2D eigenvalue weighted by atomic mass is 9.83. The minimum atomic E-state index is 0.913. The van der Waals surface area contributed by atoms with Crippen LogP contribution in [0.1, 0.15) is 22.3 Å². The van der Waals surface area contributed by atoms with Gasteiger partial charge in [-0.1, -0.05) is 146 Å². The van der Waals surface area contributed by atoms with E-state index in [-0.39, 0.29) is 0 Å². The standard InChI is InChI=1S/C64H40N2S2/c1-7-23-53-39(15-1)35-40-16-2-8-24-54(40)65(53)43-31-33-45-51(37-43)61(49-21-13-29-59-63(49)47-19-5-11-27-57(47)67-59)46-34-32-44(66-55-25-9-3-17-41(55)36-42-18-4-10-26-56(42)66)38-52(46)62(45)50-22-14-30-60-64(50)48-20-6-12-28-58(48)68-60/h1-34,37-38H,35-36H2. The predicted molar refractivity (Wildman–Crippen MR) is 293 cm³/mol. The first-order chi connectivity index (χ1) is 33.7. The summed E-state index contributed by atoms with van der Waals surface area (Å²) in [5.74, 6) is 0. The highest BCUT2D eigenvalue weighted by molar-refractivity contribution is 7.26. The van der Waals surface area contributed by atoms with Crippen LogP contribution in [0.15, 0.2) is 218 Å². The average Bonchev–Trinajstić information content (AvgIpc) is 3.98. The van der Waals surface area contributed by atoms with Crippen LogP contribution in [0.2, 0.25) is 0 Å². The van der Waals surface area contributed by atoms with Crippen LogP contribution in [0, 0.1) is 0 Å². The van der Waals surface area contributed by atoms with Gasteiger partial charge in [-0.05, 0) is 139 Å². The molecule has 4 heteroatoms. The van der Waals surface area contributed by atoms with Gasteiger partial charge in [-0.15, -0.1) is 22.7 Å². The normalized spacial score (nSPS) is 13.1. The third kappa shape index (κ3) is 5.56. The van der Waals surface area contributed by atoms with Crippen molar-refractivity contribution in [3.8, 4) is 22.3 Å². The summed E-state index contributed by atoms with van der Waals surface area (Å²) in [7, 11) is 0. The third-order valence-corrected chi connectivity index (χ3v) is 16.9. The molecule has 318 valence electrons. The Kier molecular flexibility index (Phi) is 8.26. The van der Waals surface area contributed by atoms with Crippen molar-refractivity contribution >= 4 is 119 Å². The number of para-hydroxylation sites is 4. The zero-order valence-corrected chi connectivity index (χ0v) is 38.5. The Hall–Kier alpha value is -8.02. The molecule has 0 amide bonds. The van der Waals surface area contributed by atoms with Gasteiger partial charge in [-0.2, -0.15) is 0 Å². The Labute approximate surface area is 401 Å². The summed E-state index contributed by atoms with van der Waals surface area (Å²) in [5.41, 5.74) is 17.7. The molecular formula is C64H40N2S2. The molecule has 0 atom stereocenters. The highest BCUT2D eigenvalue weighted by atomic mass is 32.1.